The molecule has 2 aromatic carbocycles. The number of amides is 1. The number of likely N-dealkylation sites (tertiary alicyclic amines) is 1. The van der Waals surface area contributed by atoms with Gasteiger partial charge in [0.15, 0.2) is 0 Å². The Morgan fingerprint density at radius 1 is 1.00 bits per heavy atom. The van der Waals surface area contributed by atoms with E-state index in [4.69, 9.17) is 4.74 Å². The highest BCUT2D eigenvalue weighted by atomic mass is 32.2. The summed E-state index contributed by atoms with van der Waals surface area (Å²) in [6.45, 7) is 2.29. The monoisotopic (exact) mass is 457 g/mol. The Balaban J connectivity index is 1.48. The Bertz CT molecular complexity index is 1040. The largest absolute Gasteiger partial charge is 0.495 e. The fourth-order valence-electron chi connectivity index (χ4n) is 4.59. The molecule has 1 amide bonds. The number of nitrogens with zero attached hydrogens (tertiary/aromatic N) is 3. The van der Waals surface area contributed by atoms with Crippen LogP contribution in [0.4, 0.5) is 5.69 Å². The highest BCUT2D eigenvalue weighted by molar-refractivity contribution is 7.89. The minimum atomic E-state index is -3.69. The van der Waals surface area contributed by atoms with Crippen LogP contribution in [0.3, 0.4) is 0 Å². The van der Waals surface area contributed by atoms with E-state index in [0.717, 1.165) is 25.7 Å². The fourth-order valence-corrected chi connectivity index (χ4v) is 6.29. The number of anilines is 1. The van der Waals surface area contributed by atoms with Gasteiger partial charge in [-0.05, 0) is 56.0 Å². The summed E-state index contributed by atoms with van der Waals surface area (Å²) >= 11 is 0. The lowest BCUT2D eigenvalue weighted by Gasteiger charge is -2.38. The quantitative estimate of drug-likeness (QED) is 0.666. The number of benzene rings is 2. The lowest BCUT2D eigenvalue weighted by molar-refractivity contribution is 0.0713. The summed E-state index contributed by atoms with van der Waals surface area (Å²) in [4.78, 5) is 17.4. The van der Waals surface area contributed by atoms with E-state index in [9.17, 15) is 13.2 Å². The molecule has 0 aromatic heterocycles. The highest BCUT2D eigenvalue weighted by Gasteiger charge is 2.32. The number of carbonyl (C=O) groups excluding carboxylic acids is 1. The molecule has 2 fully saturated rings. The third-order valence-corrected chi connectivity index (χ3v) is 8.48. The summed E-state index contributed by atoms with van der Waals surface area (Å²) in [6.07, 6.45) is 3.44. The zero-order valence-electron chi connectivity index (χ0n) is 18.7. The van der Waals surface area contributed by atoms with E-state index in [1.54, 1.807) is 12.1 Å². The van der Waals surface area contributed by atoms with Crippen molar-refractivity contribution >= 4 is 21.6 Å². The third kappa shape index (κ3) is 4.47. The van der Waals surface area contributed by atoms with Crippen LogP contribution in [-0.4, -0.2) is 69.9 Å². The van der Waals surface area contributed by atoms with Crippen LogP contribution in [0.2, 0.25) is 0 Å². The summed E-state index contributed by atoms with van der Waals surface area (Å²) < 4.78 is 33.1. The first-order valence-electron chi connectivity index (χ1n) is 11.2. The number of rotatable bonds is 6. The first-order chi connectivity index (χ1) is 15.4. The molecule has 0 spiro atoms. The molecule has 172 valence electrons. The number of piperidine rings is 1. The molecule has 2 heterocycles. The zero-order chi connectivity index (χ0) is 22.7. The second kappa shape index (κ2) is 9.50. The van der Waals surface area contributed by atoms with E-state index in [2.05, 4.69) is 24.1 Å². The van der Waals surface area contributed by atoms with E-state index in [0.29, 0.717) is 37.8 Å². The fraction of sp³-hybridized carbons (Fsp3) is 0.458. The van der Waals surface area contributed by atoms with Crippen LogP contribution in [0, 0.1) is 0 Å². The molecule has 2 saturated heterocycles. The van der Waals surface area contributed by atoms with E-state index in [1.165, 1.54) is 23.2 Å². The zero-order valence-corrected chi connectivity index (χ0v) is 19.6. The van der Waals surface area contributed by atoms with Crippen molar-refractivity contribution in [3.63, 3.8) is 0 Å². The minimum absolute atomic E-state index is 0.0754. The van der Waals surface area contributed by atoms with Gasteiger partial charge in [0.1, 0.15) is 10.6 Å². The Kier molecular flexibility index (Phi) is 6.71. The number of sulfonamides is 1. The number of methoxy groups -OCH3 is 1. The van der Waals surface area contributed by atoms with Gasteiger partial charge in [0.05, 0.1) is 7.11 Å². The van der Waals surface area contributed by atoms with Crippen molar-refractivity contribution in [2.24, 2.45) is 0 Å². The maximum atomic E-state index is 13.2. The van der Waals surface area contributed by atoms with Crippen molar-refractivity contribution < 1.29 is 17.9 Å². The van der Waals surface area contributed by atoms with Crippen molar-refractivity contribution in [2.45, 2.75) is 36.6 Å². The summed E-state index contributed by atoms with van der Waals surface area (Å²) in [7, 11) is -0.142. The normalized spacial score (nSPS) is 18.0. The molecule has 0 bridgehead atoms. The predicted molar refractivity (Wildman–Crippen MR) is 125 cm³/mol. The third-order valence-electron chi connectivity index (χ3n) is 6.56. The molecule has 0 radical (unpaired) electrons. The maximum absolute atomic E-state index is 13.2. The van der Waals surface area contributed by atoms with E-state index < -0.39 is 10.0 Å². The van der Waals surface area contributed by atoms with Gasteiger partial charge in [-0.2, -0.15) is 4.31 Å². The molecule has 0 aliphatic carbocycles. The second-order valence-corrected chi connectivity index (χ2v) is 10.4. The smallest absolute Gasteiger partial charge is 0.253 e. The van der Waals surface area contributed by atoms with Crippen LogP contribution in [0.25, 0.3) is 0 Å². The Morgan fingerprint density at radius 2 is 1.66 bits per heavy atom. The number of carbonyl (C=O) groups is 1. The van der Waals surface area contributed by atoms with Gasteiger partial charge < -0.3 is 14.5 Å². The van der Waals surface area contributed by atoms with Crippen molar-refractivity contribution in [1.82, 2.24) is 9.21 Å². The SMILES string of the molecule is COc1ccc(C(=O)N2CCC(N(C)c3ccccc3)CC2)cc1S(=O)(=O)N1CCCC1. The van der Waals surface area contributed by atoms with Crippen molar-refractivity contribution in [1.29, 1.82) is 0 Å². The standard InChI is InChI=1S/C24H31N3O4S/c1-25(20-8-4-3-5-9-20)21-12-16-26(17-13-21)24(28)19-10-11-22(31-2)23(18-19)32(29,30)27-14-6-7-15-27/h3-5,8-11,18,21H,6-7,12-17H2,1-2H3. The minimum Gasteiger partial charge on any atom is -0.495 e. The Labute approximate surface area is 190 Å². The predicted octanol–water partition coefficient (Wildman–Crippen LogP) is 3.22. The number of hydrogen-bond donors (Lipinski definition) is 0. The first kappa shape index (κ1) is 22.6. The average Bonchev–Trinajstić information content (AvgIpc) is 3.39. The topological polar surface area (TPSA) is 70.2 Å². The lowest BCUT2D eigenvalue weighted by Crippen LogP contribution is -2.45. The van der Waals surface area contributed by atoms with Crippen molar-refractivity contribution in [2.75, 3.05) is 45.2 Å². The van der Waals surface area contributed by atoms with E-state index in [-0.39, 0.29) is 16.6 Å². The molecule has 2 aliphatic heterocycles. The van der Waals surface area contributed by atoms with Crippen molar-refractivity contribution in [3.05, 3.63) is 54.1 Å². The molecule has 2 aromatic rings. The van der Waals surface area contributed by atoms with Gasteiger partial charge in [0.25, 0.3) is 5.91 Å². The van der Waals surface area contributed by atoms with Gasteiger partial charge in [-0.25, -0.2) is 8.42 Å². The Hall–Kier alpha value is -2.58. The van der Waals surface area contributed by atoms with Gasteiger partial charge >= 0.3 is 0 Å². The number of ether oxygens (including phenoxy) is 1. The van der Waals surface area contributed by atoms with Gasteiger partial charge in [-0.15, -0.1) is 0 Å². The van der Waals surface area contributed by atoms with Crippen LogP contribution >= 0.6 is 0 Å². The summed E-state index contributed by atoms with van der Waals surface area (Å²) in [5, 5.41) is 0. The molecule has 7 nitrogen and oxygen atoms in total. The summed E-state index contributed by atoms with van der Waals surface area (Å²) in [5.41, 5.74) is 1.56. The molecular weight excluding hydrogens is 426 g/mol. The molecule has 2 aliphatic rings. The van der Waals surface area contributed by atoms with Gasteiger partial charge in [-0.3, -0.25) is 4.79 Å². The molecule has 0 atom stereocenters. The molecule has 8 heteroatoms. The van der Waals surface area contributed by atoms with E-state index in [1.807, 2.05) is 23.1 Å². The Morgan fingerprint density at radius 3 is 2.28 bits per heavy atom. The second-order valence-electron chi connectivity index (χ2n) is 8.45. The number of para-hydroxylation sites is 1. The summed E-state index contributed by atoms with van der Waals surface area (Å²) in [6, 6.07) is 15.3. The van der Waals surface area contributed by atoms with Gasteiger partial charge in [0.2, 0.25) is 10.0 Å². The molecule has 0 N–H and O–H groups in total. The molecule has 0 unspecified atom stereocenters. The van der Waals surface area contributed by atoms with Gasteiger partial charge in [0, 0.05) is 50.5 Å². The maximum Gasteiger partial charge on any atom is 0.253 e. The van der Waals surface area contributed by atoms with Crippen molar-refractivity contribution in [3.8, 4) is 5.75 Å². The lowest BCUT2D eigenvalue weighted by atomic mass is 10.0. The first-order valence-corrected chi connectivity index (χ1v) is 12.6. The summed E-state index contributed by atoms with van der Waals surface area (Å²) in [5.74, 6) is 0.142. The van der Waals surface area contributed by atoms with Crippen LogP contribution in [-0.2, 0) is 10.0 Å². The number of hydrogen-bond acceptors (Lipinski definition) is 5. The van der Waals surface area contributed by atoms with E-state index >= 15 is 0 Å². The highest BCUT2D eigenvalue weighted by Crippen LogP contribution is 2.31. The molecule has 4 rings (SSSR count). The van der Waals surface area contributed by atoms with Crippen LogP contribution < -0.4 is 9.64 Å². The van der Waals surface area contributed by atoms with Crippen LogP contribution in [0.5, 0.6) is 5.75 Å². The molecule has 0 saturated carbocycles. The molecule has 32 heavy (non-hydrogen) atoms. The van der Waals surface area contributed by atoms with Crippen LogP contribution in [0.15, 0.2) is 53.4 Å². The average molecular weight is 458 g/mol. The van der Waals surface area contributed by atoms with Gasteiger partial charge in [-0.1, -0.05) is 18.2 Å². The molecular formula is C24H31N3O4S. The van der Waals surface area contributed by atoms with Crippen LogP contribution in [0.1, 0.15) is 36.0 Å².